The van der Waals surface area contributed by atoms with Gasteiger partial charge in [-0.3, -0.25) is 4.98 Å². The van der Waals surface area contributed by atoms with Gasteiger partial charge in [-0.05, 0) is 57.8 Å². The number of aromatic nitrogens is 2. The molecule has 1 N–H and O–H groups in total. The Balaban J connectivity index is 2.22. The number of hydrogen-bond acceptors (Lipinski definition) is 4. The molecule has 0 amide bonds. The van der Waals surface area contributed by atoms with Gasteiger partial charge in [0, 0.05) is 32.6 Å². The largest absolute Gasteiger partial charge is 0.308 e. The summed E-state index contributed by atoms with van der Waals surface area (Å²) in [4.78, 5) is 9.11. The second-order valence-electron chi connectivity index (χ2n) is 4.61. The molecule has 2 aromatic heterocycles. The molecule has 0 aliphatic rings. The third kappa shape index (κ3) is 4.35. The van der Waals surface area contributed by atoms with Crippen LogP contribution in [-0.2, 0) is 6.42 Å². The Labute approximate surface area is 140 Å². The zero-order chi connectivity index (χ0) is 14.5. The Kier molecular flexibility index (Phi) is 6.14. The third-order valence-corrected chi connectivity index (χ3v) is 4.91. The van der Waals surface area contributed by atoms with E-state index in [4.69, 9.17) is 0 Å². The molecule has 0 aliphatic carbocycles. The topological polar surface area (TPSA) is 37.8 Å². The highest BCUT2D eigenvalue weighted by atomic mass is 79.9. The van der Waals surface area contributed by atoms with Crippen LogP contribution in [0.4, 0.5) is 0 Å². The van der Waals surface area contributed by atoms with E-state index in [9.17, 15) is 0 Å². The first-order valence-corrected chi connectivity index (χ1v) is 9.02. The fourth-order valence-electron chi connectivity index (χ4n) is 1.94. The number of aryl methyl sites for hydroxylation is 1. The maximum absolute atomic E-state index is 4.56. The Bertz CT molecular complexity index is 571. The molecule has 0 saturated heterocycles. The van der Waals surface area contributed by atoms with Crippen molar-refractivity contribution < 1.29 is 0 Å². The Hall–Kier alpha value is -0.300. The number of halogens is 2. The molecule has 0 aromatic carbocycles. The quantitative estimate of drug-likeness (QED) is 0.741. The van der Waals surface area contributed by atoms with E-state index in [0.717, 1.165) is 44.7 Å². The van der Waals surface area contributed by atoms with E-state index in [2.05, 4.69) is 59.4 Å². The highest BCUT2D eigenvalue weighted by molar-refractivity contribution is 9.11. The van der Waals surface area contributed by atoms with Crippen LogP contribution < -0.4 is 5.32 Å². The first-order valence-electron chi connectivity index (χ1n) is 6.55. The highest BCUT2D eigenvalue weighted by Crippen LogP contribution is 2.27. The van der Waals surface area contributed by atoms with Crippen molar-refractivity contribution in [1.29, 1.82) is 0 Å². The van der Waals surface area contributed by atoms with Crippen LogP contribution in [0.3, 0.4) is 0 Å². The Morgan fingerprint density at radius 2 is 2.20 bits per heavy atom. The molecule has 108 valence electrons. The van der Waals surface area contributed by atoms with E-state index in [1.165, 1.54) is 0 Å². The van der Waals surface area contributed by atoms with Crippen LogP contribution in [0.25, 0.3) is 0 Å². The number of hydrogen-bond donors (Lipinski definition) is 1. The van der Waals surface area contributed by atoms with Crippen LogP contribution in [0, 0.1) is 6.92 Å². The van der Waals surface area contributed by atoms with Gasteiger partial charge in [0.05, 0.1) is 16.7 Å². The molecular weight excluding hydrogens is 402 g/mol. The maximum atomic E-state index is 4.56. The predicted molar refractivity (Wildman–Crippen MR) is 91.2 cm³/mol. The monoisotopic (exact) mass is 417 g/mol. The van der Waals surface area contributed by atoms with Gasteiger partial charge in [-0.2, -0.15) is 0 Å². The number of rotatable bonds is 6. The molecule has 0 saturated carbocycles. The van der Waals surface area contributed by atoms with E-state index in [0.29, 0.717) is 0 Å². The van der Waals surface area contributed by atoms with Crippen molar-refractivity contribution in [3.8, 4) is 0 Å². The second-order valence-corrected chi connectivity index (χ2v) is 7.33. The molecule has 6 heteroatoms. The van der Waals surface area contributed by atoms with Crippen LogP contribution in [-0.4, -0.2) is 16.5 Å². The zero-order valence-corrected chi connectivity index (χ0v) is 15.5. The van der Waals surface area contributed by atoms with Gasteiger partial charge in [0.15, 0.2) is 0 Å². The lowest BCUT2D eigenvalue weighted by molar-refractivity contribution is 0.514. The van der Waals surface area contributed by atoms with Gasteiger partial charge < -0.3 is 5.32 Å². The molecule has 1 atom stereocenters. The predicted octanol–water partition coefficient (Wildman–Crippen LogP) is 4.65. The van der Waals surface area contributed by atoms with Crippen LogP contribution in [0.1, 0.15) is 35.8 Å². The van der Waals surface area contributed by atoms with Crippen LogP contribution in [0.2, 0.25) is 0 Å². The molecule has 0 fully saturated rings. The van der Waals surface area contributed by atoms with E-state index in [1.54, 1.807) is 11.3 Å². The molecule has 3 nitrogen and oxygen atoms in total. The van der Waals surface area contributed by atoms with Gasteiger partial charge in [-0.1, -0.05) is 6.92 Å². The van der Waals surface area contributed by atoms with Gasteiger partial charge in [-0.25, -0.2) is 4.98 Å². The molecular formula is C14H17Br2N3S. The van der Waals surface area contributed by atoms with Crippen molar-refractivity contribution in [2.45, 2.75) is 32.7 Å². The molecule has 0 aliphatic heterocycles. The molecule has 2 rings (SSSR count). The average molecular weight is 419 g/mol. The number of pyridine rings is 1. The summed E-state index contributed by atoms with van der Waals surface area (Å²) in [5, 5.41) is 6.80. The molecule has 0 radical (unpaired) electrons. The van der Waals surface area contributed by atoms with Gasteiger partial charge in [0.1, 0.15) is 0 Å². The summed E-state index contributed by atoms with van der Waals surface area (Å²) in [6.45, 7) is 5.17. The summed E-state index contributed by atoms with van der Waals surface area (Å²) < 4.78 is 2.00. The summed E-state index contributed by atoms with van der Waals surface area (Å²) in [5.74, 6) is 0. The zero-order valence-electron chi connectivity index (χ0n) is 11.5. The fourth-order valence-corrected chi connectivity index (χ4v) is 4.02. The van der Waals surface area contributed by atoms with Crippen molar-refractivity contribution in [2.24, 2.45) is 0 Å². The smallest absolute Gasteiger partial charge is 0.0947 e. The standard InChI is InChI=1S/C14H17Br2N3S/c1-3-4-17-12(6-13-19-9(2)8-20-13)14-11(16)5-10(15)7-18-14/h5,7-8,12,17H,3-4,6H2,1-2H3. The summed E-state index contributed by atoms with van der Waals surface area (Å²) in [6, 6.07) is 2.22. The number of thiazole rings is 1. The second kappa shape index (κ2) is 7.64. The van der Waals surface area contributed by atoms with E-state index in [-0.39, 0.29) is 6.04 Å². The minimum atomic E-state index is 0.183. The van der Waals surface area contributed by atoms with Gasteiger partial charge in [0.2, 0.25) is 0 Å². The molecule has 20 heavy (non-hydrogen) atoms. The lowest BCUT2D eigenvalue weighted by atomic mass is 10.1. The van der Waals surface area contributed by atoms with Gasteiger partial charge >= 0.3 is 0 Å². The van der Waals surface area contributed by atoms with E-state index in [1.807, 2.05) is 19.2 Å². The SMILES string of the molecule is CCCNC(Cc1nc(C)cs1)c1ncc(Br)cc1Br. The third-order valence-electron chi connectivity index (χ3n) is 2.85. The van der Waals surface area contributed by atoms with Gasteiger partial charge in [-0.15, -0.1) is 11.3 Å². The minimum absolute atomic E-state index is 0.183. The Morgan fingerprint density at radius 1 is 1.40 bits per heavy atom. The number of nitrogens with one attached hydrogen (secondary N) is 1. The van der Waals surface area contributed by atoms with Crippen molar-refractivity contribution in [2.75, 3.05) is 6.54 Å². The van der Waals surface area contributed by atoms with Crippen molar-refractivity contribution >= 4 is 43.2 Å². The van der Waals surface area contributed by atoms with Crippen LogP contribution in [0.15, 0.2) is 26.6 Å². The first kappa shape index (κ1) is 16.1. The number of nitrogens with zero attached hydrogens (tertiary/aromatic N) is 2. The van der Waals surface area contributed by atoms with Crippen LogP contribution in [0.5, 0.6) is 0 Å². The van der Waals surface area contributed by atoms with E-state index < -0.39 is 0 Å². The fraction of sp³-hybridized carbons (Fsp3) is 0.429. The molecule has 0 spiro atoms. The molecule has 2 heterocycles. The summed E-state index contributed by atoms with van der Waals surface area (Å²) >= 11 is 8.77. The van der Waals surface area contributed by atoms with E-state index >= 15 is 0 Å². The first-order chi connectivity index (χ1) is 9.60. The molecule has 1 unspecified atom stereocenters. The summed E-state index contributed by atoms with van der Waals surface area (Å²) in [6.07, 6.45) is 3.81. The van der Waals surface area contributed by atoms with Crippen molar-refractivity contribution in [3.63, 3.8) is 0 Å². The maximum Gasteiger partial charge on any atom is 0.0947 e. The van der Waals surface area contributed by atoms with Crippen molar-refractivity contribution in [3.05, 3.63) is 43.0 Å². The lowest BCUT2D eigenvalue weighted by Crippen LogP contribution is -2.25. The lowest BCUT2D eigenvalue weighted by Gasteiger charge is -2.18. The van der Waals surface area contributed by atoms with Gasteiger partial charge in [0.25, 0.3) is 0 Å². The Morgan fingerprint density at radius 3 is 2.80 bits per heavy atom. The van der Waals surface area contributed by atoms with Crippen LogP contribution >= 0.6 is 43.2 Å². The average Bonchev–Trinajstić information content (AvgIpc) is 2.80. The normalized spacial score (nSPS) is 12.6. The summed E-state index contributed by atoms with van der Waals surface area (Å²) in [7, 11) is 0. The molecule has 2 aromatic rings. The summed E-state index contributed by atoms with van der Waals surface area (Å²) in [5.41, 5.74) is 2.12. The van der Waals surface area contributed by atoms with Crippen molar-refractivity contribution in [1.82, 2.24) is 15.3 Å². The molecule has 0 bridgehead atoms. The minimum Gasteiger partial charge on any atom is -0.308 e. The highest BCUT2D eigenvalue weighted by Gasteiger charge is 2.18.